The number of nitrogens with two attached hydrogens (primary N) is 1. The number of carbonyl (C=O) groups is 2. The van der Waals surface area contributed by atoms with Crippen LogP contribution in [-0.2, 0) is 9.59 Å². The molecule has 0 aromatic heterocycles. The van der Waals surface area contributed by atoms with Crippen molar-refractivity contribution in [2.75, 3.05) is 0 Å². The van der Waals surface area contributed by atoms with E-state index in [-0.39, 0.29) is 23.8 Å². The first-order valence-electron chi connectivity index (χ1n) is 7.24. The van der Waals surface area contributed by atoms with Crippen molar-refractivity contribution in [2.45, 2.75) is 50.6 Å². The van der Waals surface area contributed by atoms with E-state index in [0.29, 0.717) is 11.8 Å². The SMILES string of the molecule is CC(NC(=O)C1C2CCC(C2)C1N)(C(=O)O)C1CC1. The molecule has 3 aliphatic rings. The number of carbonyl (C=O) groups excluding carboxylic acids is 1. The zero-order valence-electron chi connectivity index (χ0n) is 11.3. The standard InChI is InChI=1S/C14H22N2O3/c1-14(13(18)19,9-4-5-9)16-12(17)10-7-2-3-8(6-7)11(10)15/h7-11H,2-6,15H2,1H3,(H,16,17)(H,18,19). The summed E-state index contributed by atoms with van der Waals surface area (Å²) < 4.78 is 0. The van der Waals surface area contributed by atoms with Gasteiger partial charge in [0.05, 0.1) is 5.92 Å². The van der Waals surface area contributed by atoms with Crippen LogP contribution in [0.4, 0.5) is 0 Å². The highest BCUT2D eigenvalue weighted by Gasteiger charge is 2.53. The maximum Gasteiger partial charge on any atom is 0.329 e. The molecule has 0 aliphatic heterocycles. The van der Waals surface area contributed by atoms with E-state index in [1.54, 1.807) is 6.92 Å². The molecule has 2 bridgehead atoms. The third-order valence-corrected chi connectivity index (χ3v) is 5.50. The molecule has 5 unspecified atom stereocenters. The van der Waals surface area contributed by atoms with E-state index in [0.717, 1.165) is 32.1 Å². The van der Waals surface area contributed by atoms with Gasteiger partial charge in [0, 0.05) is 6.04 Å². The molecule has 0 heterocycles. The number of hydrogen-bond acceptors (Lipinski definition) is 3. The first-order valence-corrected chi connectivity index (χ1v) is 7.24. The molecule has 5 atom stereocenters. The fourth-order valence-corrected chi connectivity index (χ4v) is 4.05. The Labute approximate surface area is 112 Å². The largest absolute Gasteiger partial charge is 0.480 e. The second-order valence-corrected chi connectivity index (χ2v) is 6.71. The fraction of sp³-hybridized carbons (Fsp3) is 0.857. The molecule has 19 heavy (non-hydrogen) atoms. The minimum absolute atomic E-state index is 0.0729. The highest BCUT2D eigenvalue weighted by molar-refractivity contribution is 5.89. The van der Waals surface area contributed by atoms with Crippen molar-refractivity contribution in [1.29, 1.82) is 0 Å². The van der Waals surface area contributed by atoms with Gasteiger partial charge in [0.2, 0.25) is 5.91 Å². The van der Waals surface area contributed by atoms with Crippen molar-refractivity contribution < 1.29 is 14.7 Å². The highest BCUT2D eigenvalue weighted by atomic mass is 16.4. The molecule has 0 radical (unpaired) electrons. The van der Waals surface area contributed by atoms with Crippen LogP contribution in [0.15, 0.2) is 0 Å². The number of carboxylic acid groups (broad SMARTS) is 1. The number of rotatable bonds is 4. The van der Waals surface area contributed by atoms with E-state index in [9.17, 15) is 14.7 Å². The predicted molar refractivity (Wildman–Crippen MR) is 69.2 cm³/mol. The molecule has 4 N–H and O–H groups in total. The van der Waals surface area contributed by atoms with Gasteiger partial charge in [-0.3, -0.25) is 4.79 Å². The first-order chi connectivity index (χ1) is 8.93. The third kappa shape index (κ3) is 1.95. The molecule has 1 amide bonds. The molecule has 0 aromatic rings. The zero-order chi connectivity index (χ0) is 13.8. The normalized spacial score (nSPS) is 39.9. The van der Waals surface area contributed by atoms with Gasteiger partial charge in [-0.25, -0.2) is 4.79 Å². The molecule has 0 aromatic carbocycles. The number of fused-ring (bicyclic) bond motifs is 2. The Bertz CT molecular complexity index is 419. The summed E-state index contributed by atoms with van der Waals surface area (Å²) in [6.07, 6.45) is 4.97. The van der Waals surface area contributed by atoms with Gasteiger partial charge in [0.15, 0.2) is 0 Å². The Morgan fingerprint density at radius 2 is 1.84 bits per heavy atom. The van der Waals surface area contributed by atoms with Crippen molar-refractivity contribution in [3.05, 3.63) is 0 Å². The topological polar surface area (TPSA) is 92.4 Å². The van der Waals surface area contributed by atoms with Crippen LogP contribution in [0.25, 0.3) is 0 Å². The monoisotopic (exact) mass is 266 g/mol. The molecule has 0 saturated heterocycles. The van der Waals surface area contributed by atoms with E-state index in [2.05, 4.69) is 5.32 Å². The Morgan fingerprint density at radius 1 is 1.21 bits per heavy atom. The van der Waals surface area contributed by atoms with Crippen LogP contribution < -0.4 is 11.1 Å². The van der Waals surface area contributed by atoms with E-state index >= 15 is 0 Å². The predicted octanol–water partition coefficient (Wildman–Crippen LogP) is 0.729. The van der Waals surface area contributed by atoms with Gasteiger partial charge in [0.25, 0.3) is 0 Å². The lowest BCUT2D eigenvalue weighted by Gasteiger charge is -2.32. The molecule has 3 saturated carbocycles. The fourth-order valence-electron chi connectivity index (χ4n) is 4.05. The van der Waals surface area contributed by atoms with Gasteiger partial charge in [-0.1, -0.05) is 0 Å². The lowest BCUT2D eigenvalue weighted by atomic mass is 9.83. The van der Waals surface area contributed by atoms with Crippen molar-refractivity contribution in [1.82, 2.24) is 5.32 Å². The summed E-state index contributed by atoms with van der Waals surface area (Å²) in [6.45, 7) is 1.63. The Balaban J connectivity index is 1.72. The molecular weight excluding hydrogens is 244 g/mol. The number of aliphatic carboxylic acids is 1. The average Bonchev–Trinajstić information content (AvgIpc) is 3.03. The molecule has 3 aliphatic carbocycles. The number of amides is 1. The summed E-state index contributed by atoms with van der Waals surface area (Å²) in [6, 6.07) is -0.0870. The zero-order valence-corrected chi connectivity index (χ0v) is 11.3. The van der Waals surface area contributed by atoms with Crippen molar-refractivity contribution in [2.24, 2.45) is 29.4 Å². The van der Waals surface area contributed by atoms with Crippen LogP contribution in [0, 0.1) is 23.7 Å². The van der Waals surface area contributed by atoms with Crippen molar-refractivity contribution >= 4 is 11.9 Å². The van der Waals surface area contributed by atoms with Gasteiger partial charge < -0.3 is 16.2 Å². The van der Waals surface area contributed by atoms with E-state index in [1.165, 1.54) is 0 Å². The lowest BCUT2D eigenvalue weighted by molar-refractivity contribution is -0.149. The summed E-state index contributed by atoms with van der Waals surface area (Å²) >= 11 is 0. The van der Waals surface area contributed by atoms with Gasteiger partial charge in [0.1, 0.15) is 5.54 Å². The second kappa shape index (κ2) is 4.20. The summed E-state index contributed by atoms with van der Waals surface area (Å²) in [4.78, 5) is 23.9. The Hall–Kier alpha value is -1.10. The van der Waals surface area contributed by atoms with Crippen molar-refractivity contribution in [3.8, 4) is 0 Å². The molecular formula is C14H22N2O3. The van der Waals surface area contributed by atoms with Gasteiger partial charge in [-0.15, -0.1) is 0 Å². The molecule has 3 rings (SSSR count). The summed E-state index contributed by atoms with van der Waals surface area (Å²) in [5.74, 6) is -0.369. The number of nitrogens with one attached hydrogen (secondary N) is 1. The van der Waals surface area contributed by atoms with Gasteiger partial charge in [-0.05, 0) is 56.8 Å². The molecule has 106 valence electrons. The van der Waals surface area contributed by atoms with Crippen LogP contribution in [0.2, 0.25) is 0 Å². The Morgan fingerprint density at radius 3 is 2.32 bits per heavy atom. The summed E-state index contributed by atoms with van der Waals surface area (Å²) in [7, 11) is 0. The van der Waals surface area contributed by atoms with Gasteiger partial charge in [-0.2, -0.15) is 0 Å². The minimum atomic E-state index is -1.11. The number of hydrogen-bond donors (Lipinski definition) is 3. The summed E-state index contributed by atoms with van der Waals surface area (Å²) in [5.41, 5.74) is 5.03. The minimum Gasteiger partial charge on any atom is -0.480 e. The molecule has 0 spiro atoms. The van der Waals surface area contributed by atoms with E-state index in [4.69, 9.17) is 5.73 Å². The second-order valence-electron chi connectivity index (χ2n) is 6.71. The molecule has 5 nitrogen and oxygen atoms in total. The highest BCUT2D eigenvalue weighted by Crippen LogP contribution is 2.48. The quantitative estimate of drug-likeness (QED) is 0.699. The maximum atomic E-state index is 12.4. The third-order valence-electron chi connectivity index (χ3n) is 5.50. The number of carboxylic acids is 1. The Kier molecular flexibility index (Phi) is 2.85. The smallest absolute Gasteiger partial charge is 0.329 e. The summed E-state index contributed by atoms with van der Waals surface area (Å²) in [5, 5.41) is 12.2. The van der Waals surface area contributed by atoms with Crippen LogP contribution in [0.3, 0.4) is 0 Å². The maximum absolute atomic E-state index is 12.4. The van der Waals surface area contributed by atoms with Crippen LogP contribution in [0.1, 0.15) is 39.0 Å². The van der Waals surface area contributed by atoms with Crippen LogP contribution in [-0.4, -0.2) is 28.6 Å². The van der Waals surface area contributed by atoms with Crippen molar-refractivity contribution in [3.63, 3.8) is 0 Å². The van der Waals surface area contributed by atoms with E-state index < -0.39 is 11.5 Å². The molecule has 3 fully saturated rings. The van der Waals surface area contributed by atoms with Crippen LogP contribution in [0.5, 0.6) is 0 Å². The van der Waals surface area contributed by atoms with Crippen LogP contribution >= 0.6 is 0 Å². The first kappa shape index (κ1) is 12.9. The molecule has 5 heteroatoms. The van der Waals surface area contributed by atoms with E-state index in [1.807, 2.05) is 0 Å². The lowest BCUT2D eigenvalue weighted by Crippen LogP contribution is -2.58. The average molecular weight is 266 g/mol. The van der Waals surface area contributed by atoms with Gasteiger partial charge >= 0.3 is 5.97 Å².